The molecule has 0 atom stereocenters. The number of anilines is 2. The van der Waals surface area contributed by atoms with Crippen molar-refractivity contribution >= 4 is 40.3 Å². The van der Waals surface area contributed by atoms with Gasteiger partial charge in [0.2, 0.25) is 0 Å². The maximum Gasteiger partial charge on any atom is 0.258 e. The van der Waals surface area contributed by atoms with Crippen LogP contribution in [0, 0.1) is 0 Å². The molecule has 0 aromatic heterocycles. The maximum absolute atomic E-state index is 13.2. The van der Waals surface area contributed by atoms with Crippen molar-refractivity contribution < 1.29 is 14.3 Å². The third-order valence-corrected chi connectivity index (χ3v) is 7.26. The molecule has 0 radical (unpaired) electrons. The molecule has 1 fully saturated rings. The fourth-order valence-electron chi connectivity index (χ4n) is 4.48. The van der Waals surface area contributed by atoms with Gasteiger partial charge in [0.1, 0.15) is 0 Å². The second-order valence-electron chi connectivity index (χ2n) is 8.53. The molecule has 35 heavy (non-hydrogen) atoms. The van der Waals surface area contributed by atoms with Gasteiger partial charge < -0.3 is 20.1 Å². The molecule has 0 bridgehead atoms. The topological polar surface area (TPSA) is 62.8 Å². The van der Waals surface area contributed by atoms with Gasteiger partial charge in [-0.25, -0.2) is 0 Å². The first-order valence-corrected chi connectivity index (χ1v) is 12.8. The molecule has 1 saturated heterocycles. The van der Waals surface area contributed by atoms with Crippen LogP contribution in [0.1, 0.15) is 16.7 Å². The normalized spacial score (nSPS) is 16.9. The summed E-state index contributed by atoms with van der Waals surface area (Å²) in [5, 5.41) is 6.52. The van der Waals surface area contributed by atoms with Crippen LogP contribution in [-0.4, -0.2) is 49.6 Å². The zero-order valence-electron chi connectivity index (χ0n) is 20.0. The van der Waals surface area contributed by atoms with Crippen LogP contribution in [0.3, 0.4) is 0 Å². The Balaban J connectivity index is 1.51. The van der Waals surface area contributed by atoms with E-state index in [2.05, 4.69) is 39.8 Å². The summed E-state index contributed by atoms with van der Waals surface area (Å²) in [6.07, 6.45) is 0. The first-order chi connectivity index (χ1) is 17.2. The van der Waals surface area contributed by atoms with Crippen molar-refractivity contribution in [3.8, 4) is 11.5 Å². The monoisotopic (exact) mass is 487 g/mol. The highest BCUT2D eigenvalue weighted by Gasteiger charge is 2.30. The predicted octanol–water partition coefficient (Wildman–Crippen LogP) is 5.19. The summed E-state index contributed by atoms with van der Waals surface area (Å²) in [6.45, 7) is 3.24. The second-order valence-corrected chi connectivity index (χ2v) is 9.76. The predicted molar refractivity (Wildman–Crippen MR) is 144 cm³/mol. The van der Waals surface area contributed by atoms with E-state index in [1.807, 2.05) is 48.2 Å². The third-order valence-electron chi connectivity index (χ3n) is 6.31. The van der Waals surface area contributed by atoms with Crippen molar-refractivity contribution in [1.29, 1.82) is 0 Å². The smallest absolute Gasteiger partial charge is 0.258 e. The Bertz CT molecular complexity index is 1240. The molecule has 2 aliphatic rings. The van der Waals surface area contributed by atoms with Gasteiger partial charge in [-0.15, -0.1) is 0 Å². The van der Waals surface area contributed by atoms with Gasteiger partial charge in [0.25, 0.3) is 5.91 Å². The lowest BCUT2D eigenvalue weighted by Crippen LogP contribution is -2.31. The van der Waals surface area contributed by atoms with Crippen LogP contribution in [-0.2, 0) is 11.3 Å². The number of ether oxygens (including phenoxy) is 2. The third kappa shape index (κ3) is 5.01. The van der Waals surface area contributed by atoms with Crippen LogP contribution in [0.4, 0.5) is 11.4 Å². The molecule has 0 spiro atoms. The minimum absolute atomic E-state index is 0.166. The van der Waals surface area contributed by atoms with E-state index in [9.17, 15) is 4.79 Å². The van der Waals surface area contributed by atoms with Crippen LogP contribution in [0.5, 0.6) is 11.5 Å². The Labute approximate surface area is 210 Å². The average Bonchev–Trinajstić information content (AvgIpc) is 3.22. The number of methoxy groups -OCH3 is 2. The minimum Gasteiger partial charge on any atom is -0.493 e. The molecule has 0 saturated carbocycles. The van der Waals surface area contributed by atoms with E-state index in [0.29, 0.717) is 22.8 Å². The number of amides is 1. The molecule has 0 aliphatic carbocycles. The zero-order valence-corrected chi connectivity index (χ0v) is 20.8. The Morgan fingerprint density at radius 1 is 0.971 bits per heavy atom. The highest BCUT2D eigenvalue weighted by Crippen LogP contribution is 2.43. The van der Waals surface area contributed by atoms with Crippen molar-refractivity contribution in [1.82, 2.24) is 4.90 Å². The molecule has 5 rings (SSSR count). The van der Waals surface area contributed by atoms with Crippen LogP contribution in [0.25, 0.3) is 11.3 Å². The highest BCUT2D eigenvalue weighted by molar-refractivity contribution is 7.99. The van der Waals surface area contributed by atoms with Crippen molar-refractivity contribution in [2.24, 2.45) is 0 Å². The van der Waals surface area contributed by atoms with Crippen molar-refractivity contribution in [2.75, 3.05) is 49.4 Å². The Hall–Kier alpha value is -3.42. The number of carbonyl (C=O) groups excluding carboxylic acids is 1. The number of nitrogens with zero attached hydrogens (tertiary/aromatic N) is 1. The molecule has 3 aromatic carbocycles. The fourth-order valence-corrected chi connectivity index (χ4v) is 5.46. The van der Waals surface area contributed by atoms with Gasteiger partial charge in [0.05, 0.1) is 31.2 Å². The van der Waals surface area contributed by atoms with E-state index in [1.54, 1.807) is 20.3 Å². The van der Waals surface area contributed by atoms with E-state index >= 15 is 0 Å². The van der Waals surface area contributed by atoms with Gasteiger partial charge in [0, 0.05) is 48.5 Å². The first kappa shape index (κ1) is 23.3. The van der Waals surface area contributed by atoms with E-state index in [4.69, 9.17) is 9.47 Å². The van der Waals surface area contributed by atoms with E-state index in [0.717, 1.165) is 42.1 Å². The SMILES string of the molecule is COc1cc2c(cc1OC)/C(=C(/Nc1ccc(CN3CCSCC3)cc1)c1ccccc1)C(=O)N2. The van der Waals surface area contributed by atoms with Gasteiger partial charge >= 0.3 is 0 Å². The summed E-state index contributed by atoms with van der Waals surface area (Å²) in [6, 6.07) is 22.1. The molecule has 2 aliphatic heterocycles. The van der Waals surface area contributed by atoms with Crippen LogP contribution in [0.2, 0.25) is 0 Å². The Morgan fingerprint density at radius 2 is 1.66 bits per heavy atom. The number of hydrogen-bond acceptors (Lipinski definition) is 6. The van der Waals surface area contributed by atoms with Gasteiger partial charge in [-0.1, -0.05) is 42.5 Å². The van der Waals surface area contributed by atoms with E-state index in [-0.39, 0.29) is 5.91 Å². The molecule has 1 amide bonds. The molecule has 2 N–H and O–H groups in total. The Kier molecular flexibility index (Phi) is 6.97. The lowest BCUT2D eigenvalue weighted by molar-refractivity contribution is -0.110. The lowest BCUT2D eigenvalue weighted by atomic mass is 9.99. The van der Waals surface area contributed by atoms with Crippen molar-refractivity contribution in [2.45, 2.75) is 6.54 Å². The minimum atomic E-state index is -0.166. The molecule has 3 aromatic rings. The number of rotatable bonds is 7. The largest absolute Gasteiger partial charge is 0.493 e. The summed E-state index contributed by atoms with van der Waals surface area (Å²) in [5.74, 6) is 3.39. The summed E-state index contributed by atoms with van der Waals surface area (Å²) in [5.41, 5.74) is 5.94. The average molecular weight is 488 g/mol. The second kappa shape index (κ2) is 10.5. The van der Waals surface area contributed by atoms with Gasteiger partial charge in [-0.3, -0.25) is 9.69 Å². The van der Waals surface area contributed by atoms with Gasteiger partial charge in [-0.2, -0.15) is 11.8 Å². The summed E-state index contributed by atoms with van der Waals surface area (Å²) in [7, 11) is 3.18. The molecule has 2 heterocycles. The number of benzene rings is 3. The number of carbonyl (C=O) groups is 1. The van der Waals surface area contributed by atoms with E-state index in [1.165, 1.54) is 17.1 Å². The van der Waals surface area contributed by atoms with Crippen molar-refractivity contribution in [3.63, 3.8) is 0 Å². The van der Waals surface area contributed by atoms with Crippen LogP contribution >= 0.6 is 11.8 Å². The number of hydrogen-bond donors (Lipinski definition) is 2. The highest BCUT2D eigenvalue weighted by atomic mass is 32.2. The quantitative estimate of drug-likeness (QED) is 0.448. The number of thioether (sulfide) groups is 1. The van der Waals surface area contributed by atoms with E-state index < -0.39 is 0 Å². The number of fused-ring (bicyclic) bond motifs is 1. The number of nitrogens with one attached hydrogen (secondary N) is 2. The maximum atomic E-state index is 13.2. The zero-order chi connectivity index (χ0) is 24.2. The summed E-state index contributed by atoms with van der Waals surface area (Å²) < 4.78 is 10.9. The lowest BCUT2D eigenvalue weighted by Gasteiger charge is -2.26. The van der Waals surface area contributed by atoms with Crippen molar-refractivity contribution in [3.05, 3.63) is 83.4 Å². The molecule has 7 heteroatoms. The molecule has 0 unspecified atom stereocenters. The summed E-state index contributed by atoms with van der Waals surface area (Å²) >= 11 is 2.02. The van der Waals surface area contributed by atoms with Gasteiger partial charge in [-0.05, 0) is 29.3 Å². The van der Waals surface area contributed by atoms with Crippen LogP contribution in [0.15, 0.2) is 66.7 Å². The van der Waals surface area contributed by atoms with Crippen LogP contribution < -0.4 is 20.1 Å². The fraction of sp³-hybridized carbons (Fsp3) is 0.250. The molecule has 180 valence electrons. The Morgan fingerprint density at radius 3 is 2.34 bits per heavy atom. The first-order valence-electron chi connectivity index (χ1n) is 11.7. The standard InChI is InChI=1S/C28H29N3O3S/c1-33-24-16-22-23(17-25(24)34-2)30-28(32)26(22)27(20-6-4-3-5-7-20)29-21-10-8-19(9-11-21)18-31-12-14-35-15-13-31/h3-11,16-17,29H,12-15,18H2,1-2H3,(H,30,32)/b27-26-. The summed E-state index contributed by atoms with van der Waals surface area (Å²) in [4.78, 5) is 15.7. The molecular formula is C28H29N3O3S. The molecule has 6 nitrogen and oxygen atoms in total. The van der Waals surface area contributed by atoms with Gasteiger partial charge in [0.15, 0.2) is 11.5 Å². The molecular weight excluding hydrogens is 458 g/mol.